The third kappa shape index (κ3) is 6.51. The van der Waals surface area contributed by atoms with Gasteiger partial charge in [-0.05, 0) is 85.9 Å². The standard InChI is InChI=1S/C37H64O8Si/c1-23(32-41-20-35(5,6)21-42-32)26-13-14-27-31-28(15-16-36(26,27)7)37(8)24(18-29(31)44-33(38)40-10)17-25(19-30(37)43-22-39-9)45-46(11,12)34(2,3)4/h18,23,25-32H,13-17,19-22H2,1-12H3/t23?,25?,26-,27+,28+,29?,30?,31+,36-,37+/m1/s1. The van der Waals surface area contributed by atoms with Crippen molar-refractivity contribution in [1.29, 1.82) is 0 Å². The lowest BCUT2D eigenvalue weighted by Crippen LogP contribution is -2.61. The maximum atomic E-state index is 12.8. The molecule has 0 aromatic heterocycles. The quantitative estimate of drug-likeness (QED) is 0.111. The lowest BCUT2D eigenvalue weighted by atomic mass is 9.45. The summed E-state index contributed by atoms with van der Waals surface area (Å²) in [7, 11) is 1.08. The first-order valence-electron chi connectivity index (χ1n) is 17.9. The highest BCUT2D eigenvalue weighted by atomic mass is 28.4. The van der Waals surface area contributed by atoms with Crippen LogP contribution in [-0.4, -0.2) is 73.3 Å². The number of methoxy groups -OCH3 is 2. The summed E-state index contributed by atoms with van der Waals surface area (Å²) in [5.74, 6) is 1.62. The summed E-state index contributed by atoms with van der Waals surface area (Å²) in [4.78, 5) is 12.8. The second-order valence-corrected chi connectivity index (χ2v) is 22.8. The summed E-state index contributed by atoms with van der Waals surface area (Å²) in [5.41, 5.74) is 1.23. The fourth-order valence-corrected chi connectivity index (χ4v) is 11.4. The minimum absolute atomic E-state index is 0.0448. The van der Waals surface area contributed by atoms with Crippen molar-refractivity contribution in [2.24, 2.45) is 45.8 Å². The van der Waals surface area contributed by atoms with Crippen LogP contribution >= 0.6 is 0 Å². The number of hydrogen-bond acceptors (Lipinski definition) is 8. The largest absolute Gasteiger partial charge is 0.508 e. The summed E-state index contributed by atoms with van der Waals surface area (Å²) in [6, 6.07) is 0. The fourth-order valence-electron chi connectivity index (χ4n) is 10.1. The molecule has 5 aliphatic rings. The molecule has 4 aliphatic carbocycles. The molecule has 1 saturated heterocycles. The van der Waals surface area contributed by atoms with Crippen molar-refractivity contribution in [1.82, 2.24) is 0 Å². The van der Waals surface area contributed by atoms with Gasteiger partial charge in [0.25, 0.3) is 0 Å². The average molecular weight is 665 g/mol. The molecular weight excluding hydrogens is 600 g/mol. The molecule has 0 radical (unpaired) electrons. The normalized spacial score (nSPS) is 40.3. The van der Waals surface area contributed by atoms with Gasteiger partial charge < -0.3 is 32.8 Å². The summed E-state index contributed by atoms with van der Waals surface area (Å²) < 4.78 is 43.1. The number of carbonyl (C=O) groups is 1. The van der Waals surface area contributed by atoms with E-state index < -0.39 is 14.5 Å². The molecule has 9 heteroatoms. The van der Waals surface area contributed by atoms with Gasteiger partial charge in [-0.1, -0.05) is 61.0 Å². The molecule has 0 aromatic carbocycles. The van der Waals surface area contributed by atoms with E-state index in [1.165, 1.54) is 12.7 Å². The Bertz CT molecular complexity index is 1120. The lowest BCUT2D eigenvalue weighted by Gasteiger charge is -2.61. The smallest absolute Gasteiger partial charge is 0.438 e. The molecule has 0 aromatic rings. The minimum atomic E-state index is -2.03. The number of ether oxygens (including phenoxy) is 6. The number of fused-ring (bicyclic) bond motifs is 5. The lowest BCUT2D eigenvalue weighted by molar-refractivity contribution is -0.253. The van der Waals surface area contributed by atoms with E-state index >= 15 is 0 Å². The Morgan fingerprint density at radius 1 is 1.04 bits per heavy atom. The van der Waals surface area contributed by atoms with Crippen LogP contribution in [0.1, 0.15) is 93.9 Å². The molecule has 3 saturated carbocycles. The van der Waals surface area contributed by atoms with Gasteiger partial charge in [-0.3, -0.25) is 0 Å². The predicted octanol–water partition coefficient (Wildman–Crippen LogP) is 8.35. The highest BCUT2D eigenvalue weighted by molar-refractivity contribution is 6.74. The Morgan fingerprint density at radius 2 is 1.72 bits per heavy atom. The molecule has 8 nitrogen and oxygen atoms in total. The van der Waals surface area contributed by atoms with E-state index in [1.54, 1.807) is 7.11 Å². The molecule has 46 heavy (non-hydrogen) atoms. The van der Waals surface area contributed by atoms with E-state index in [0.29, 0.717) is 17.8 Å². The Kier molecular flexibility index (Phi) is 10.3. The average Bonchev–Trinajstić information content (AvgIpc) is 3.32. The molecule has 264 valence electrons. The fraction of sp³-hybridized carbons (Fsp3) is 0.919. The molecule has 1 aliphatic heterocycles. The summed E-state index contributed by atoms with van der Waals surface area (Å²) >= 11 is 0. The van der Waals surface area contributed by atoms with Crippen LogP contribution in [0.2, 0.25) is 18.1 Å². The summed E-state index contributed by atoms with van der Waals surface area (Å²) in [6.07, 6.45) is 7.21. The van der Waals surface area contributed by atoms with Gasteiger partial charge in [-0.2, -0.15) is 0 Å². The zero-order valence-corrected chi connectivity index (χ0v) is 31.9. The number of carbonyl (C=O) groups excluding carboxylic acids is 1. The Balaban J connectivity index is 1.48. The van der Waals surface area contributed by atoms with Gasteiger partial charge in [-0.15, -0.1) is 0 Å². The van der Waals surface area contributed by atoms with E-state index in [-0.39, 0.29) is 64.5 Å². The van der Waals surface area contributed by atoms with Crippen LogP contribution in [0.25, 0.3) is 0 Å². The van der Waals surface area contributed by atoms with E-state index in [1.807, 2.05) is 0 Å². The van der Waals surface area contributed by atoms with Gasteiger partial charge in [0.15, 0.2) is 14.6 Å². The van der Waals surface area contributed by atoms with Crippen molar-refractivity contribution in [3.8, 4) is 0 Å². The molecular formula is C37H64O8Si. The zero-order valence-electron chi connectivity index (χ0n) is 30.9. The van der Waals surface area contributed by atoms with Gasteiger partial charge >= 0.3 is 6.16 Å². The zero-order chi connectivity index (χ0) is 33.9. The third-order valence-electron chi connectivity index (χ3n) is 13.6. The highest BCUT2D eigenvalue weighted by Crippen LogP contribution is 2.68. The Hall–Kier alpha value is -0.973. The van der Waals surface area contributed by atoms with Crippen molar-refractivity contribution in [3.63, 3.8) is 0 Å². The van der Waals surface area contributed by atoms with Gasteiger partial charge in [0, 0.05) is 29.8 Å². The molecule has 4 unspecified atom stereocenters. The predicted molar refractivity (Wildman–Crippen MR) is 181 cm³/mol. The molecule has 5 rings (SSSR count). The van der Waals surface area contributed by atoms with Crippen molar-refractivity contribution < 1.29 is 37.6 Å². The summed E-state index contributed by atoms with van der Waals surface area (Å²) in [6.45, 7) is 24.9. The SMILES string of the molecule is COCOC1CC(O[Si](C)(C)C(C)(C)C)CC2=CC(OC(=O)OC)[C@H]3[C@@H]4CC[C@H](C(C)C5OCC(C)(C)CO5)[C@@]4(C)CC[C@@H]3[C@]21C. The molecule has 0 N–H and O–H groups in total. The van der Waals surface area contributed by atoms with E-state index in [4.69, 9.17) is 32.8 Å². The van der Waals surface area contributed by atoms with Gasteiger partial charge in [0.2, 0.25) is 0 Å². The number of hydrogen-bond donors (Lipinski definition) is 0. The maximum Gasteiger partial charge on any atom is 0.508 e. The first kappa shape index (κ1) is 36.3. The number of rotatable bonds is 8. The minimum Gasteiger partial charge on any atom is -0.438 e. The highest BCUT2D eigenvalue weighted by Gasteiger charge is 2.65. The van der Waals surface area contributed by atoms with Gasteiger partial charge in [0.05, 0.1) is 32.5 Å². The van der Waals surface area contributed by atoms with Crippen LogP contribution < -0.4 is 0 Å². The van der Waals surface area contributed by atoms with E-state index in [0.717, 1.165) is 51.7 Å². The second kappa shape index (κ2) is 13.1. The first-order valence-corrected chi connectivity index (χ1v) is 20.8. The second-order valence-electron chi connectivity index (χ2n) is 18.0. The molecule has 0 bridgehead atoms. The van der Waals surface area contributed by atoms with Gasteiger partial charge in [-0.25, -0.2) is 4.79 Å². The third-order valence-corrected chi connectivity index (χ3v) is 18.1. The molecule has 0 spiro atoms. The Morgan fingerprint density at radius 3 is 2.33 bits per heavy atom. The van der Waals surface area contributed by atoms with Gasteiger partial charge in [0.1, 0.15) is 12.9 Å². The molecule has 1 heterocycles. The van der Waals surface area contributed by atoms with Crippen molar-refractivity contribution >= 4 is 14.5 Å². The van der Waals surface area contributed by atoms with Crippen LogP contribution in [0, 0.1) is 45.8 Å². The van der Waals surface area contributed by atoms with Crippen molar-refractivity contribution in [2.45, 2.75) is 137 Å². The van der Waals surface area contributed by atoms with Crippen molar-refractivity contribution in [2.75, 3.05) is 34.2 Å². The molecule has 4 fully saturated rings. The maximum absolute atomic E-state index is 12.8. The van der Waals surface area contributed by atoms with E-state index in [9.17, 15) is 4.79 Å². The van der Waals surface area contributed by atoms with Crippen LogP contribution in [-0.2, 0) is 32.8 Å². The molecule has 10 atom stereocenters. The topological polar surface area (TPSA) is 81.7 Å². The van der Waals surface area contributed by atoms with Crippen LogP contribution in [0.3, 0.4) is 0 Å². The van der Waals surface area contributed by atoms with Crippen LogP contribution in [0.15, 0.2) is 11.6 Å². The monoisotopic (exact) mass is 664 g/mol. The summed E-state index contributed by atoms with van der Waals surface area (Å²) in [5, 5.41) is 0.104. The first-order chi connectivity index (χ1) is 21.4. The van der Waals surface area contributed by atoms with E-state index in [2.05, 4.69) is 74.6 Å². The van der Waals surface area contributed by atoms with Crippen LogP contribution in [0.4, 0.5) is 4.79 Å². The van der Waals surface area contributed by atoms with Crippen molar-refractivity contribution in [3.05, 3.63) is 11.6 Å². The molecule has 0 amide bonds. The Labute approximate surface area is 280 Å². The van der Waals surface area contributed by atoms with Crippen LogP contribution in [0.5, 0.6) is 0 Å².